The van der Waals surface area contributed by atoms with E-state index in [1.54, 1.807) is 24.3 Å². The number of hydrogen-bond acceptors (Lipinski definition) is 4. The molecule has 0 amide bonds. The molecule has 0 aliphatic carbocycles. The van der Waals surface area contributed by atoms with E-state index in [1.807, 2.05) is 24.3 Å². The molecule has 1 atom stereocenters. The van der Waals surface area contributed by atoms with E-state index < -0.39 is 17.9 Å². The first-order valence-electron chi connectivity index (χ1n) is 10.6. The number of rotatable bonds is 10. The number of benzene rings is 2. The van der Waals surface area contributed by atoms with Crippen LogP contribution >= 0.6 is 0 Å². The Kier molecular flexibility index (Phi) is 8.55. The Labute approximate surface area is 184 Å². The molecule has 0 aliphatic heterocycles. The van der Waals surface area contributed by atoms with E-state index >= 15 is 0 Å². The summed E-state index contributed by atoms with van der Waals surface area (Å²) in [6.07, 6.45) is 2.87. The molecule has 0 aromatic heterocycles. The lowest BCUT2D eigenvalue weighted by Gasteiger charge is -2.17. The van der Waals surface area contributed by atoms with Crippen molar-refractivity contribution in [1.82, 2.24) is 0 Å². The predicted molar refractivity (Wildman–Crippen MR) is 120 cm³/mol. The number of carboxylic acid groups (broad SMARTS) is 1. The SMILES string of the molecule is COC(=O)c1ccc(CC(CCc2ccc(C(=O)CCC(C)(C)C)cc2)C(=O)O)cc1. The third kappa shape index (κ3) is 8.00. The first kappa shape index (κ1) is 24.3. The van der Waals surface area contributed by atoms with Crippen molar-refractivity contribution >= 4 is 17.7 Å². The van der Waals surface area contributed by atoms with E-state index in [2.05, 4.69) is 25.5 Å². The van der Waals surface area contributed by atoms with E-state index in [0.717, 1.165) is 17.5 Å². The third-order valence-corrected chi connectivity index (χ3v) is 5.37. The van der Waals surface area contributed by atoms with Gasteiger partial charge in [-0.15, -0.1) is 0 Å². The van der Waals surface area contributed by atoms with Gasteiger partial charge in [0.05, 0.1) is 18.6 Å². The summed E-state index contributed by atoms with van der Waals surface area (Å²) in [4.78, 5) is 35.6. The maximum Gasteiger partial charge on any atom is 0.337 e. The number of methoxy groups -OCH3 is 1. The molecule has 2 aromatic carbocycles. The van der Waals surface area contributed by atoms with E-state index in [1.165, 1.54) is 7.11 Å². The summed E-state index contributed by atoms with van der Waals surface area (Å²) in [5.41, 5.74) is 3.14. The molecule has 0 heterocycles. The minimum Gasteiger partial charge on any atom is -0.481 e. The van der Waals surface area contributed by atoms with Crippen LogP contribution in [0.25, 0.3) is 0 Å². The van der Waals surface area contributed by atoms with Crippen molar-refractivity contribution in [3.05, 3.63) is 70.8 Å². The summed E-state index contributed by atoms with van der Waals surface area (Å²) in [7, 11) is 1.32. The summed E-state index contributed by atoms with van der Waals surface area (Å²) in [5.74, 6) is -1.65. The number of carboxylic acids is 1. The van der Waals surface area contributed by atoms with Crippen LogP contribution in [0.15, 0.2) is 48.5 Å². The Hall–Kier alpha value is -2.95. The molecule has 5 heteroatoms. The summed E-state index contributed by atoms with van der Waals surface area (Å²) in [6, 6.07) is 14.3. The average Bonchev–Trinajstić information content (AvgIpc) is 2.74. The van der Waals surface area contributed by atoms with Crippen molar-refractivity contribution in [3.63, 3.8) is 0 Å². The number of ketones is 1. The number of hydrogen-bond donors (Lipinski definition) is 1. The van der Waals surface area contributed by atoms with Crippen molar-refractivity contribution in [2.24, 2.45) is 11.3 Å². The summed E-state index contributed by atoms with van der Waals surface area (Å²) < 4.78 is 4.68. The highest BCUT2D eigenvalue weighted by molar-refractivity contribution is 5.96. The van der Waals surface area contributed by atoms with Crippen molar-refractivity contribution < 1.29 is 24.2 Å². The lowest BCUT2D eigenvalue weighted by Crippen LogP contribution is -2.17. The number of ether oxygens (including phenoxy) is 1. The molecular weight excluding hydrogens is 392 g/mol. The van der Waals surface area contributed by atoms with Crippen LogP contribution in [-0.2, 0) is 22.4 Å². The maximum atomic E-state index is 12.3. The molecule has 0 bridgehead atoms. The highest BCUT2D eigenvalue weighted by Gasteiger charge is 2.19. The molecule has 0 saturated heterocycles. The Morgan fingerprint density at radius 3 is 1.97 bits per heavy atom. The van der Waals surface area contributed by atoms with E-state index in [0.29, 0.717) is 36.8 Å². The zero-order chi connectivity index (χ0) is 23.0. The molecule has 1 N–H and O–H groups in total. The molecule has 0 fully saturated rings. The van der Waals surface area contributed by atoms with Gasteiger partial charge in [-0.2, -0.15) is 0 Å². The first-order chi connectivity index (χ1) is 14.6. The number of aryl methyl sites for hydroxylation is 1. The summed E-state index contributed by atoms with van der Waals surface area (Å²) in [6.45, 7) is 6.36. The van der Waals surface area contributed by atoms with E-state index in [9.17, 15) is 19.5 Å². The zero-order valence-electron chi connectivity index (χ0n) is 18.8. The van der Waals surface area contributed by atoms with Crippen LogP contribution in [-0.4, -0.2) is 29.9 Å². The van der Waals surface area contributed by atoms with Gasteiger partial charge in [-0.1, -0.05) is 57.2 Å². The standard InChI is InChI=1S/C26H32O5/c1-26(2,3)16-15-23(27)20-10-5-18(6-11-20)7-14-22(24(28)29)17-19-8-12-21(13-9-19)25(30)31-4/h5-6,8-13,22H,7,14-17H2,1-4H3,(H,28,29). The van der Waals surface area contributed by atoms with E-state index in [4.69, 9.17) is 0 Å². The quantitative estimate of drug-likeness (QED) is 0.410. The Morgan fingerprint density at radius 2 is 1.45 bits per heavy atom. The molecule has 2 aromatic rings. The normalized spacial score (nSPS) is 12.3. The van der Waals surface area contributed by atoms with Crippen LogP contribution in [0, 0.1) is 11.3 Å². The molecular formula is C26H32O5. The molecule has 0 saturated carbocycles. The monoisotopic (exact) mass is 424 g/mol. The highest BCUT2D eigenvalue weighted by Crippen LogP contribution is 2.22. The molecule has 0 spiro atoms. The number of Topliss-reactive ketones (excluding diaryl/α,β-unsaturated/α-hetero) is 1. The minimum atomic E-state index is -0.842. The third-order valence-electron chi connectivity index (χ3n) is 5.37. The van der Waals surface area contributed by atoms with Crippen LogP contribution < -0.4 is 0 Å². The lowest BCUT2D eigenvalue weighted by molar-refractivity contribution is -0.141. The van der Waals surface area contributed by atoms with Gasteiger partial charge in [-0.3, -0.25) is 9.59 Å². The van der Waals surface area contributed by atoms with Gasteiger partial charge in [0.2, 0.25) is 0 Å². The average molecular weight is 425 g/mol. The smallest absolute Gasteiger partial charge is 0.337 e. The molecule has 0 radical (unpaired) electrons. The first-order valence-corrected chi connectivity index (χ1v) is 10.6. The Morgan fingerprint density at radius 1 is 0.903 bits per heavy atom. The highest BCUT2D eigenvalue weighted by atomic mass is 16.5. The van der Waals surface area contributed by atoms with Crippen LogP contribution in [0.2, 0.25) is 0 Å². The topological polar surface area (TPSA) is 80.7 Å². The number of carbonyl (C=O) groups excluding carboxylic acids is 2. The molecule has 166 valence electrons. The summed E-state index contributed by atoms with van der Waals surface area (Å²) in [5, 5.41) is 9.62. The maximum absolute atomic E-state index is 12.3. The molecule has 5 nitrogen and oxygen atoms in total. The van der Waals surface area contributed by atoms with Crippen LogP contribution in [0.4, 0.5) is 0 Å². The Bertz CT molecular complexity index is 889. The van der Waals surface area contributed by atoms with Crippen LogP contribution in [0.1, 0.15) is 71.9 Å². The van der Waals surface area contributed by atoms with Crippen LogP contribution in [0.3, 0.4) is 0 Å². The molecule has 2 rings (SSSR count). The van der Waals surface area contributed by atoms with Crippen molar-refractivity contribution in [2.45, 2.75) is 52.9 Å². The predicted octanol–water partition coefficient (Wildman–Crippen LogP) is 5.36. The van der Waals surface area contributed by atoms with Crippen molar-refractivity contribution in [1.29, 1.82) is 0 Å². The fourth-order valence-corrected chi connectivity index (χ4v) is 3.32. The zero-order valence-corrected chi connectivity index (χ0v) is 18.8. The Balaban J connectivity index is 1.93. The van der Waals surface area contributed by atoms with E-state index in [-0.39, 0.29) is 11.2 Å². The second kappa shape index (κ2) is 10.9. The van der Waals surface area contributed by atoms with Crippen LogP contribution in [0.5, 0.6) is 0 Å². The molecule has 31 heavy (non-hydrogen) atoms. The van der Waals surface area contributed by atoms with Gasteiger partial charge in [0.1, 0.15) is 0 Å². The summed E-state index contributed by atoms with van der Waals surface area (Å²) >= 11 is 0. The van der Waals surface area contributed by atoms with Gasteiger partial charge in [0.25, 0.3) is 0 Å². The van der Waals surface area contributed by atoms with Crippen molar-refractivity contribution in [2.75, 3.05) is 7.11 Å². The van der Waals surface area contributed by atoms with Gasteiger partial charge in [0.15, 0.2) is 5.78 Å². The number of esters is 1. The van der Waals surface area contributed by atoms with Gasteiger partial charge in [-0.25, -0.2) is 4.79 Å². The largest absolute Gasteiger partial charge is 0.481 e. The number of carbonyl (C=O) groups is 3. The second-order valence-corrected chi connectivity index (χ2v) is 9.15. The van der Waals surface area contributed by atoms with Gasteiger partial charge >= 0.3 is 11.9 Å². The lowest BCUT2D eigenvalue weighted by atomic mass is 9.88. The van der Waals surface area contributed by atoms with Gasteiger partial charge in [0, 0.05) is 12.0 Å². The van der Waals surface area contributed by atoms with Crippen molar-refractivity contribution in [3.8, 4) is 0 Å². The second-order valence-electron chi connectivity index (χ2n) is 9.15. The van der Waals surface area contributed by atoms with Gasteiger partial charge in [-0.05, 0) is 54.4 Å². The fraction of sp³-hybridized carbons (Fsp3) is 0.423. The molecule has 0 aliphatic rings. The molecule has 1 unspecified atom stereocenters. The number of aliphatic carboxylic acids is 1. The fourth-order valence-electron chi connectivity index (χ4n) is 3.32. The van der Waals surface area contributed by atoms with Gasteiger partial charge < -0.3 is 9.84 Å². The minimum absolute atomic E-state index is 0.126.